The standard InChI is InChI=1S/C21H20N2O5/c1-2-25-17-6-4-3-5-16(17)21(24)22-13-15-12-19(28-23-15)14-7-8-18-20(11-14)27-10-9-26-18/h3-8,11-12H,2,9-10,13H2,1H3,(H,22,24). The molecule has 7 heteroatoms. The van der Waals surface area contributed by atoms with Gasteiger partial charge in [0.1, 0.15) is 24.7 Å². The third-order valence-electron chi connectivity index (χ3n) is 4.25. The van der Waals surface area contributed by atoms with E-state index in [-0.39, 0.29) is 12.5 Å². The number of amides is 1. The van der Waals surface area contributed by atoms with E-state index in [1.807, 2.05) is 31.2 Å². The lowest BCUT2D eigenvalue weighted by atomic mass is 10.1. The third kappa shape index (κ3) is 3.78. The Labute approximate surface area is 162 Å². The first-order valence-corrected chi connectivity index (χ1v) is 9.10. The molecule has 1 aliphatic heterocycles. The molecule has 2 aromatic carbocycles. The van der Waals surface area contributed by atoms with Gasteiger partial charge in [0.25, 0.3) is 5.91 Å². The second-order valence-electron chi connectivity index (χ2n) is 6.15. The average Bonchev–Trinajstić information content (AvgIpc) is 3.21. The molecule has 0 radical (unpaired) electrons. The minimum Gasteiger partial charge on any atom is -0.493 e. The number of aromatic nitrogens is 1. The molecule has 0 saturated carbocycles. The molecule has 1 aromatic heterocycles. The second-order valence-corrected chi connectivity index (χ2v) is 6.15. The largest absolute Gasteiger partial charge is 0.493 e. The molecule has 2 heterocycles. The minimum absolute atomic E-state index is 0.229. The first kappa shape index (κ1) is 17.9. The van der Waals surface area contributed by atoms with Crippen molar-refractivity contribution in [1.29, 1.82) is 0 Å². The molecule has 7 nitrogen and oxygen atoms in total. The summed E-state index contributed by atoms with van der Waals surface area (Å²) in [5, 5.41) is 6.88. The maximum atomic E-state index is 12.5. The van der Waals surface area contributed by atoms with E-state index in [1.54, 1.807) is 24.3 Å². The summed E-state index contributed by atoms with van der Waals surface area (Å²) in [5.41, 5.74) is 1.93. The quantitative estimate of drug-likeness (QED) is 0.705. The number of rotatable bonds is 6. The van der Waals surface area contributed by atoms with Crippen LogP contribution in [0.2, 0.25) is 0 Å². The number of hydrogen-bond donors (Lipinski definition) is 1. The second kappa shape index (κ2) is 8.04. The summed E-state index contributed by atoms with van der Waals surface area (Å²) in [6.07, 6.45) is 0. The Balaban J connectivity index is 1.43. The van der Waals surface area contributed by atoms with Crippen molar-refractivity contribution in [2.24, 2.45) is 0 Å². The van der Waals surface area contributed by atoms with Crippen molar-refractivity contribution in [2.75, 3.05) is 19.8 Å². The first-order valence-electron chi connectivity index (χ1n) is 9.10. The number of fused-ring (bicyclic) bond motifs is 1. The Hall–Kier alpha value is -3.48. The van der Waals surface area contributed by atoms with Gasteiger partial charge in [0, 0.05) is 11.6 Å². The molecule has 0 bridgehead atoms. The van der Waals surface area contributed by atoms with Crippen LogP contribution in [0.3, 0.4) is 0 Å². The molecule has 1 aliphatic rings. The molecular formula is C21H20N2O5. The lowest BCUT2D eigenvalue weighted by Gasteiger charge is -2.18. The highest BCUT2D eigenvalue weighted by Gasteiger charge is 2.16. The van der Waals surface area contributed by atoms with Crippen LogP contribution in [0.4, 0.5) is 0 Å². The normalized spacial score (nSPS) is 12.5. The summed E-state index contributed by atoms with van der Waals surface area (Å²) in [6, 6.07) is 14.5. The van der Waals surface area contributed by atoms with Crippen LogP contribution < -0.4 is 19.5 Å². The number of carbonyl (C=O) groups is 1. The fraction of sp³-hybridized carbons (Fsp3) is 0.238. The molecular weight excluding hydrogens is 360 g/mol. The number of nitrogens with one attached hydrogen (secondary N) is 1. The fourth-order valence-electron chi connectivity index (χ4n) is 2.93. The van der Waals surface area contributed by atoms with Crippen molar-refractivity contribution in [3.8, 4) is 28.6 Å². The highest BCUT2D eigenvalue weighted by molar-refractivity contribution is 5.96. The summed E-state index contributed by atoms with van der Waals surface area (Å²) in [7, 11) is 0. The summed E-state index contributed by atoms with van der Waals surface area (Å²) >= 11 is 0. The van der Waals surface area contributed by atoms with E-state index in [9.17, 15) is 4.79 Å². The molecule has 3 aromatic rings. The molecule has 0 fully saturated rings. The lowest BCUT2D eigenvalue weighted by molar-refractivity contribution is 0.0946. The van der Waals surface area contributed by atoms with Crippen LogP contribution in [-0.4, -0.2) is 30.9 Å². The van der Waals surface area contributed by atoms with E-state index in [1.165, 1.54) is 0 Å². The summed E-state index contributed by atoms with van der Waals surface area (Å²) < 4.78 is 22.0. The zero-order valence-corrected chi connectivity index (χ0v) is 15.4. The Kier molecular flexibility index (Phi) is 5.14. The molecule has 144 valence electrons. The molecule has 28 heavy (non-hydrogen) atoms. The fourth-order valence-corrected chi connectivity index (χ4v) is 2.93. The van der Waals surface area contributed by atoms with Gasteiger partial charge in [-0.3, -0.25) is 4.79 Å². The summed E-state index contributed by atoms with van der Waals surface area (Å²) in [4.78, 5) is 12.5. The van der Waals surface area contributed by atoms with E-state index >= 15 is 0 Å². The summed E-state index contributed by atoms with van der Waals surface area (Å²) in [6.45, 7) is 3.68. The number of hydrogen-bond acceptors (Lipinski definition) is 6. The van der Waals surface area contributed by atoms with E-state index in [2.05, 4.69) is 10.5 Å². The molecule has 0 aliphatic carbocycles. The number of carbonyl (C=O) groups excluding carboxylic acids is 1. The van der Waals surface area contributed by atoms with Crippen LogP contribution in [0.1, 0.15) is 23.0 Å². The van der Waals surface area contributed by atoms with E-state index in [0.717, 1.165) is 11.3 Å². The number of para-hydroxylation sites is 1. The number of ether oxygens (including phenoxy) is 3. The molecule has 4 rings (SSSR count). The van der Waals surface area contributed by atoms with Gasteiger partial charge in [-0.2, -0.15) is 0 Å². The summed E-state index contributed by atoms with van der Waals surface area (Å²) in [5.74, 6) is 2.32. The highest BCUT2D eigenvalue weighted by Crippen LogP contribution is 2.34. The maximum absolute atomic E-state index is 12.5. The van der Waals surface area contributed by atoms with Crippen LogP contribution in [0.25, 0.3) is 11.3 Å². The lowest BCUT2D eigenvalue weighted by Crippen LogP contribution is -2.23. The molecule has 1 amide bonds. The van der Waals surface area contributed by atoms with Crippen molar-refractivity contribution >= 4 is 5.91 Å². The smallest absolute Gasteiger partial charge is 0.255 e. The monoisotopic (exact) mass is 380 g/mol. The third-order valence-corrected chi connectivity index (χ3v) is 4.25. The van der Waals surface area contributed by atoms with Gasteiger partial charge < -0.3 is 24.1 Å². The van der Waals surface area contributed by atoms with Gasteiger partial charge in [-0.05, 0) is 37.3 Å². The Bertz CT molecular complexity index is 982. The van der Waals surface area contributed by atoms with Crippen LogP contribution >= 0.6 is 0 Å². The zero-order chi connectivity index (χ0) is 19.3. The van der Waals surface area contributed by atoms with Crippen molar-refractivity contribution in [3.05, 3.63) is 59.8 Å². The Morgan fingerprint density at radius 3 is 2.79 bits per heavy atom. The zero-order valence-electron chi connectivity index (χ0n) is 15.4. The predicted octanol–water partition coefficient (Wildman–Crippen LogP) is 3.44. The topological polar surface area (TPSA) is 82.8 Å². The van der Waals surface area contributed by atoms with Crippen molar-refractivity contribution in [3.63, 3.8) is 0 Å². The number of nitrogens with zero attached hydrogens (tertiary/aromatic N) is 1. The van der Waals surface area contributed by atoms with Gasteiger partial charge in [0.15, 0.2) is 17.3 Å². The predicted molar refractivity (Wildman–Crippen MR) is 102 cm³/mol. The van der Waals surface area contributed by atoms with Crippen LogP contribution in [-0.2, 0) is 6.54 Å². The highest BCUT2D eigenvalue weighted by atomic mass is 16.6. The SMILES string of the molecule is CCOc1ccccc1C(=O)NCc1cc(-c2ccc3c(c2)OCCO3)on1. The Morgan fingerprint density at radius 2 is 1.93 bits per heavy atom. The van der Waals surface area contributed by atoms with Gasteiger partial charge >= 0.3 is 0 Å². The van der Waals surface area contributed by atoms with Gasteiger partial charge in [0.2, 0.25) is 0 Å². The van der Waals surface area contributed by atoms with Gasteiger partial charge in [-0.1, -0.05) is 17.3 Å². The van der Waals surface area contributed by atoms with Crippen molar-refractivity contribution < 1.29 is 23.5 Å². The van der Waals surface area contributed by atoms with Crippen molar-refractivity contribution in [1.82, 2.24) is 10.5 Å². The van der Waals surface area contributed by atoms with Crippen LogP contribution in [0, 0.1) is 0 Å². The maximum Gasteiger partial charge on any atom is 0.255 e. The molecule has 0 unspecified atom stereocenters. The van der Waals surface area contributed by atoms with Gasteiger partial charge in [-0.15, -0.1) is 0 Å². The average molecular weight is 380 g/mol. The van der Waals surface area contributed by atoms with Gasteiger partial charge in [-0.25, -0.2) is 0 Å². The van der Waals surface area contributed by atoms with Crippen LogP contribution in [0.5, 0.6) is 17.2 Å². The van der Waals surface area contributed by atoms with Crippen LogP contribution in [0.15, 0.2) is 53.1 Å². The van der Waals surface area contributed by atoms with Crippen molar-refractivity contribution in [2.45, 2.75) is 13.5 Å². The molecule has 0 spiro atoms. The van der Waals surface area contributed by atoms with E-state index < -0.39 is 0 Å². The first-order chi connectivity index (χ1) is 13.7. The van der Waals surface area contributed by atoms with E-state index in [0.29, 0.717) is 48.3 Å². The minimum atomic E-state index is -0.229. The van der Waals surface area contributed by atoms with Gasteiger partial charge in [0.05, 0.1) is 18.7 Å². The van der Waals surface area contributed by atoms with E-state index in [4.69, 9.17) is 18.7 Å². The Morgan fingerprint density at radius 1 is 1.11 bits per heavy atom. The number of benzene rings is 2. The molecule has 0 atom stereocenters. The molecule has 1 N–H and O–H groups in total. The molecule has 0 saturated heterocycles.